The molecule has 0 saturated carbocycles. The van der Waals surface area contributed by atoms with Crippen molar-refractivity contribution in [3.05, 3.63) is 52.1 Å². The van der Waals surface area contributed by atoms with Crippen molar-refractivity contribution in [1.29, 1.82) is 0 Å². The number of nitrogens with one attached hydrogen (secondary N) is 2. The van der Waals surface area contributed by atoms with Gasteiger partial charge in [0.1, 0.15) is 17.8 Å². The van der Waals surface area contributed by atoms with Crippen molar-refractivity contribution < 1.29 is 51.6 Å². The lowest BCUT2D eigenvalue weighted by molar-refractivity contribution is -0.137. The van der Waals surface area contributed by atoms with Gasteiger partial charge in [-0.2, -0.15) is 18.2 Å². The zero-order valence-corrected chi connectivity index (χ0v) is 28.6. The average Bonchev–Trinajstić information content (AvgIpc) is 3.55. The van der Waals surface area contributed by atoms with E-state index >= 15 is 0 Å². The summed E-state index contributed by atoms with van der Waals surface area (Å²) >= 11 is 0.831. The standard InChI is InChI=1S/C26H34F3N6O9PS.C2H6/c1-24(2,12-36)22(39)46-9-8-42-45(41,32-10-14-4-6-15(7-5-14)26(27,28)29)43-11-16-18(37)25(3,40)21(44-16)35-13-31-17-19(35)33-23(30)34-20(17)38;1-2/h4-7,13,16,18,21,36-37,40H,8-12H2,1-3H3,(H,32,41)(H3,30,33,34,38);1-2H3. The van der Waals surface area contributed by atoms with Crippen LogP contribution in [0.15, 0.2) is 35.4 Å². The first kappa shape index (κ1) is 39.6. The monoisotopic (exact) mass is 724 g/mol. The predicted octanol–water partition coefficient (Wildman–Crippen LogP) is 2.97. The molecule has 0 spiro atoms. The molecule has 3 aromatic rings. The van der Waals surface area contributed by atoms with E-state index in [0.29, 0.717) is 5.56 Å². The van der Waals surface area contributed by atoms with E-state index in [1.54, 1.807) is 13.8 Å². The van der Waals surface area contributed by atoms with Crippen LogP contribution in [-0.4, -0.2) is 83.3 Å². The van der Waals surface area contributed by atoms with Crippen LogP contribution >= 0.6 is 19.5 Å². The van der Waals surface area contributed by atoms with Gasteiger partial charge < -0.3 is 25.8 Å². The van der Waals surface area contributed by atoms with Gasteiger partial charge in [-0.25, -0.2) is 14.6 Å². The Labute approximate surface area is 278 Å². The minimum atomic E-state index is -4.55. The summed E-state index contributed by atoms with van der Waals surface area (Å²) in [5.41, 5.74) is 1.27. The van der Waals surface area contributed by atoms with Crippen molar-refractivity contribution >= 4 is 41.7 Å². The number of carbonyl (C=O) groups is 1. The fraction of sp³-hybridized carbons (Fsp3) is 0.571. The molecule has 5 atom stereocenters. The highest BCUT2D eigenvalue weighted by Crippen LogP contribution is 2.47. The number of hydrogen-bond acceptors (Lipinski definition) is 13. The molecule has 20 heteroatoms. The summed E-state index contributed by atoms with van der Waals surface area (Å²) in [7, 11) is -4.30. The van der Waals surface area contributed by atoms with Crippen LogP contribution in [-0.2, 0) is 35.9 Å². The summed E-state index contributed by atoms with van der Waals surface area (Å²) < 4.78 is 70.7. The van der Waals surface area contributed by atoms with E-state index in [2.05, 4.69) is 20.0 Å². The van der Waals surface area contributed by atoms with Crippen molar-refractivity contribution in [2.75, 3.05) is 31.3 Å². The summed E-state index contributed by atoms with van der Waals surface area (Å²) in [5, 5.41) is 33.7. The molecule has 1 fully saturated rings. The Morgan fingerprint density at radius 2 is 1.90 bits per heavy atom. The Bertz CT molecular complexity index is 1650. The van der Waals surface area contributed by atoms with Gasteiger partial charge in [0, 0.05) is 12.3 Å². The lowest BCUT2D eigenvalue weighted by atomic mass is 9.96. The van der Waals surface area contributed by atoms with Gasteiger partial charge in [0.2, 0.25) is 5.95 Å². The van der Waals surface area contributed by atoms with Crippen molar-refractivity contribution in [2.45, 2.75) is 71.4 Å². The number of hydrogen-bond donors (Lipinski definition) is 6. The van der Waals surface area contributed by atoms with E-state index in [-0.39, 0.29) is 47.7 Å². The fourth-order valence-corrected chi connectivity index (χ4v) is 6.58. The molecule has 1 aromatic carbocycles. The van der Waals surface area contributed by atoms with Gasteiger partial charge in [-0.15, -0.1) is 0 Å². The van der Waals surface area contributed by atoms with Gasteiger partial charge in [-0.3, -0.25) is 28.2 Å². The number of ether oxygens (including phenoxy) is 1. The molecule has 1 aliphatic heterocycles. The molecular formula is C28H40F3N6O9PS. The zero-order chi connectivity index (χ0) is 36.1. The number of thioether (sulfide) groups is 1. The summed E-state index contributed by atoms with van der Waals surface area (Å²) in [6, 6.07) is 4.07. The number of nitrogens with two attached hydrogens (primary N) is 1. The second-order valence-electron chi connectivity index (χ2n) is 11.3. The quantitative estimate of drug-likeness (QED) is 0.110. The van der Waals surface area contributed by atoms with Crippen molar-refractivity contribution in [1.82, 2.24) is 24.6 Å². The Balaban J connectivity index is 0.00000307. The number of nitrogen functional groups attached to an aromatic ring is 1. The molecule has 15 nitrogen and oxygen atoms in total. The summed E-state index contributed by atoms with van der Waals surface area (Å²) in [4.78, 5) is 34.8. The van der Waals surface area contributed by atoms with Crippen molar-refractivity contribution in [2.24, 2.45) is 5.41 Å². The van der Waals surface area contributed by atoms with Gasteiger partial charge in [0.15, 0.2) is 22.5 Å². The molecule has 1 saturated heterocycles. The number of aliphatic hydroxyl groups excluding tert-OH is 2. The van der Waals surface area contributed by atoms with E-state index in [1.165, 1.54) is 23.6 Å². The largest absolute Gasteiger partial charge is 0.416 e. The summed E-state index contributed by atoms with van der Waals surface area (Å²) in [6.45, 7) is 6.81. The molecule has 0 amide bonds. The minimum absolute atomic E-state index is 0.0138. The maximum absolute atomic E-state index is 13.7. The molecule has 0 bridgehead atoms. The van der Waals surface area contributed by atoms with Crippen LogP contribution in [0.25, 0.3) is 11.2 Å². The number of aliphatic hydroxyl groups is 3. The summed E-state index contributed by atoms with van der Waals surface area (Å²) in [5.74, 6) is -0.214. The molecule has 48 heavy (non-hydrogen) atoms. The Kier molecular flexibility index (Phi) is 13.0. The highest BCUT2D eigenvalue weighted by atomic mass is 32.2. The van der Waals surface area contributed by atoms with Crippen LogP contribution in [0.5, 0.6) is 0 Å². The molecule has 268 valence electrons. The number of aromatic nitrogens is 4. The van der Waals surface area contributed by atoms with E-state index in [4.69, 9.17) is 19.5 Å². The van der Waals surface area contributed by atoms with E-state index in [1.807, 2.05) is 13.8 Å². The molecule has 1 aliphatic rings. The Hall–Kier alpha value is -2.87. The van der Waals surface area contributed by atoms with E-state index in [0.717, 1.165) is 30.2 Å². The lowest BCUT2D eigenvalue weighted by Gasteiger charge is -2.27. The molecule has 3 heterocycles. The van der Waals surface area contributed by atoms with Crippen LogP contribution in [0.4, 0.5) is 19.1 Å². The summed E-state index contributed by atoms with van der Waals surface area (Å²) in [6.07, 6.45) is -7.68. The van der Waals surface area contributed by atoms with Crippen molar-refractivity contribution in [3.8, 4) is 0 Å². The van der Waals surface area contributed by atoms with Gasteiger partial charge in [-0.1, -0.05) is 37.7 Å². The fourth-order valence-electron chi connectivity index (χ4n) is 4.34. The molecule has 4 rings (SSSR count). The van der Waals surface area contributed by atoms with E-state index in [9.17, 15) is 42.6 Å². The number of rotatable bonds is 13. The third kappa shape index (κ3) is 9.22. The minimum Gasteiger partial charge on any atom is -0.395 e. The zero-order valence-electron chi connectivity index (χ0n) is 26.9. The Morgan fingerprint density at radius 3 is 2.50 bits per heavy atom. The van der Waals surface area contributed by atoms with Gasteiger partial charge in [0.25, 0.3) is 5.56 Å². The number of anilines is 1. The van der Waals surface area contributed by atoms with Crippen LogP contribution in [0, 0.1) is 5.41 Å². The molecule has 5 unspecified atom stereocenters. The smallest absolute Gasteiger partial charge is 0.395 e. The third-order valence-corrected chi connectivity index (χ3v) is 9.89. The number of carbonyl (C=O) groups excluding carboxylic acids is 1. The van der Waals surface area contributed by atoms with Gasteiger partial charge in [0.05, 0.1) is 37.1 Å². The molecule has 0 aliphatic carbocycles. The van der Waals surface area contributed by atoms with Crippen LogP contribution in [0.2, 0.25) is 0 Å². The second kappa shape index (κ2) is 15.8. The number of halogens is 3. The van der Waals surface area contributed by atoms with Crippen LogP contribution in [0.3, 0.4) is 0 Å². The van der Waals surface area contributed by atoms with Gasteiger partial charge in [-0.05, 0) is 38.5 Å². The lowest BCUT2D eigenvalue weighted by Crippen LogP contribution is -2.44. The number of nitrogens with zero attached hydrogens (tertiary/aromatic N) is 3. The number of imidazole rings is 1. The third-order valence-electron chi connectivity index (χ3n) is 7.15. The van der Waals surface area contributed by atoms with E-state index < -0.39 is 61.1 Å². The normalized spacial score (nSPS) is 22.7. The Morgan fingerprint density at radius 1 is 1.25 bits per heavy atom. The molecular weight excluding hydrogens is 684 g/mol. The number of alkyl halides is 3. The molecule has 2 aromatic heterocycles. The first-order chi connectivity index (χ1) is 22.4. The first-order valence-corrected chi connectivity index (χ1v) is 17.3. The average molecular weight is 725 g/mol. The number of fused-ring (bicyclic) bond motifs is 1. The maximum Gasteiger partial charge on any atom is 0.416 e. The van der Waals surface area contributed by atoms with Crippen molar-refractivity contribution in [3.63, 3.8) is 0 Å². The first-order valence-electron chi connectivity index (χ1n) is 14.7. The van der Waals surface area contributed by atoms with Crippen LogP contribution in [0.1, 0.15) is 52.0 Å². The molecule has 7 N–H and O–H groups in total. The topological polar surface area (TPSA) is 224 Å². The number of benzene rings is 1. The molecule has 0 radical (unpaired) electrons. The highest BCUT2D eigenvalue weighted by molar-refractivity contribution is 8.13. The maximum atomic E-state index is 13.7. The number of aromatic amines is 1. The predicted molar refractivity (Wildman–Crippen MR) is 171 cm³/mol. The van der Waals surface area contributed by atoms with Crippen LogP contribution < -0.4 is 16.4 Å². The second-order valence-corrected chi connectivity index (χ2v) is 14.2. The highest BCUT2D eigenvalue weighted by Gasteiger charge is 2.54. The number of H-pyrrole nitrogens is 1. The van der Waals surface area contributed by atoms with Gasteiger partial charge >= 0.3 is 13.9 Å². The SMILES string of the molecule is CC.CC(C)(CO)C(=O)SCCOP(=O)(NCc1ccc(C(F)(F)F)cc1)OCC1OC(n2cnc3c(=O)[nH]c(N)nc32)C(C)(O)C1O.